The summed E-state index contributed by atoms with van der Waals surface area (Å²) in [4.78, 5) is 12.3. The third-order valence-electron chi connectivity index (χ3n) is 3.25. The molecule has 22 heavy (non-hydrogen) atoms. The lowest BCUT2D eigenvalue weighted by atomic mass is 10.0. The van der Waals surface area contributed by atoms with Crippen LogP contribution in [0.2, 0.25) is 0 Å². The van der Waals surface area contributed by atoms with Crippen molar-refractivity contribution in [3.63, 3.8) is 0 Å². The molecule has 1 aliphatic heterocycles. The van der Waals surface area contributed by atoms with Gasteiger partial charge in [0.1, 0.15) is 0 Å². The molecule has 0 fully saturated rings. The zero-order chi connectivity index (χ0) is 16.0. The molecular formula is C15H20N6O. The van der Waals surface area contributed by atoms with E-state index in [9.17, 15) is 4.79 Å². The lowest BCUT2D eigenvalue weighted by molar-refractivity contribution is 0.0952. The van der Waals surface area contributed by atoms with E-state index in [1.54, 1.807) is 6.07 Å². The first kappa shape index (κ1) is 15.9. The molecule has 2 N–H and O–H groups in total. The monoisotopic (exact) mass is 300 g/mol. The minimum Gasteiger partial charge on any atom is -0.366 e. The van der Waals surface area contributed by atoms with Crippen molar-refractivity contribution in [2.45, 2.75) is 44.8 Å². The highest BCUT2D eigenvalue weighted by atomic mass is 16.1. The smallest absolute Gasteiger partial charge is 0.255 e. The minimum absolute atomic E-state index is 0.166. The number of hydrogen-bond donors (Lipinski definition) is 2. The van der Waals surface area contributed by atoms with Crippen LogP contribution in [0.15, 0.2) is 22.5 Å². The van der Waals surface area contributed by atoms with Crippen molar-refractivity contribution < 1.29 is 4.79 Å². The number of carbonyl (C=O) groups excluding carboxylic acids is 1. The number of aromatic nitrogens is 2. The molecule has 1 aliphatic rings. The predicted molar refractivity (Wildman–Crippen MR) is 83.4 cm³/mol. The first-order valence-electron chi connectivity index (χ1n) is 7.30. The molecular weight excluding hydrogens is 280 g/mol. The second kappa shape index (κ2) is 6.98. The molecule has 0 unspecified atom stereocenters. The first-order valence-corrected chi connectivity index (χ1v) is 7.30. The summed E-state index contributed by atoms with van der Waals surface area (Å²) in [6, 6.07) is 1.81. The van der Waals surface area contributed by atoms with E-state index in [2.05, 4.69) is 37.0 Å². The molecule has 1 amide bonds. The van der Waals surface area contributed by atoms with Gasteiger partial charge in [-0.3, -0.25) is 4.79 Å². The topological polar surface area (TPSA) is 91.6 Å². The molecule has 1 aromatic heterocycles. The maximum Gasteiger partial charge on any atom is 0.255 e. The second-order valence-electron chi connectivity index (χ2n) is 5.49. The van der Waals surface area contributed by atoms with Gasteiger partial charge >= 0.3 is 0 Å². The van der Waals surface area contributed by atoms with Gasteiger partial charge in [0.2, 0.25) is 0 Å². The maximum atomic E-state index is 12.3. The Labute approximate surface area is 130 Å². The highest BCUT2D eigenvalue weighted by Crippen LogP contribution is 2.36. The van der Waals surface area contributed by atoms with Crippen LogP contribution >= 0.6 is 0 Å². The molecule has 0 saturated heterocycles. The maximum absolute atomic E-state index is 12.3. The van der Waals surface area contributed by atoms with E-state index < -0.39 is 0 Å². The van der Waals surface area contributed by atoms with Gasteiger partial charge in [-0.15, -0.1) is 17.4 Å². The van der Waals surface area contributed by atoms with Crippen LogP contribution in [0.25, 0.3) is 0 Å². The molecule has 2 heterocycles. The number of amides is 1. The third kappa shape index (κ3) is 4.25. The molecule has 2 rings (SSSR count). The van der Waals surface area contributed by atoms with Crippen molar-refractivity contribution in [3.05, 3.63) is 17.8 Å². The number of terminal acetylenes is 1. The summed E-state index contributed by atoms with van der Waals surface area (Å²) in [5.41, 5.74) is 0.0980. The predicted octanol–water partition coefficient (Wildman–Crippen LogP) is 1.99. The minimum atomic E-state index is -0.380. The summed E-state index contributed by atoms with van der Waals surface area (Å²) in [5, 5.41) is 21.8. The summed E-state index contributed by atoms with van der Waals surface area (Å²) in [6.07, 6.45) is 8.78. The van der Waals surface area contributed by atoms with Gasteiger partial charge in [-0.2, -0.15) is 15.3 Å². The zero-order valence-electron chi connectivity index (χ0n) is 12.8. The summed E-state index contributed by atoms with van der Waals surface area (Å²) in [7, 11) is 0. The molecule has 0 atom stereocenters. The largest absolute Gasteiger partial charge is 0.366 e. The standard InChI is InChI=1S/C15H20N6O/c1-4-5-7-15(20-21-15)8-10-16-14(22)12-6-9-17-19-13(12)18-11(2)3/h1,6,9,11H,5,7-8,10H2,2-3H3,(H,16,22)(H,18,19). The van der Waals surface area contributed by atoms with Crippen LogP contribution in [0.3, 0.4) is 0 Å². The number of hydrogen-bond acceptors (Lipinski definition) is 6. The number of anilines is 1. The quantitative estimate of drug-likeness (QED) is 0.718. The lowest BCUT2D eigenvalue weighted by Gasteiger charge is -2.13. The molecule has 7 nitrogen and oxygen atoms in total. The Bertz CT molecular complexity index is 598. The number of nitrogens with one attached hydrogen (secondary N) is 2. The van der Waals surface area contributed by atoms with Gasteiger partial charge in [0.05, 0.1) is 11.8 Å². The third-order valence-corrected chi connectivity index (χ3v) is 3.25. The van der Waals surface area contributed by atoms with Gasteiger partial charge in [-0.1, -0.05) is 0 Å². The van der Waals surface area contributed by atoms with E-state index in [0.717, 1.165) is 6.42 Å². The van der Waals surface area contributed by atoms with E-state index in [4.69, 9.17) is 6.42 Å². The van der Waals surface area contributed by atoms with Crippen molar-refractivity contribution in [1.82, 2.24) is 15.5 Å². The molecule has 0 bridgehead atoms. The lowest BCUT2D eigenvalue weighted by Crippen LogP contribution is -2.29. The van der Waals surface area contributed by atoms with E-state index >= 15 is 0 Å². The number of rotatable bonds is 8. The van der Waals surface area contributed by atoms with Gasteiger partial charge in [0.25, 0.3) is 5.91 Å². The summed E-state index contributed by atoms with van der Waals surface area (Å²) in [5.74, 6) is 2.88. The van der Waals surface area contributed by atoms with Gasteiger partial charge in [0, 0.05) is 31.8 Å². The summed E-state index contributed by atoms with van der Waals surface area (Å²) >= 11 is 0. The van der Waals surface area contributed by atoms with Crippen LogP contribution in [0.4, 0.5) is 5.82 Å². The molecule has 0 aromatic carbocycles. The Morgan fingerprint density at radius 2 is 2.18 bits per heavy atom. The van der Waals surface area contributed by atoms with Crippen LogP contribution in [-0.4, -0.2) is 34.4 Å². The summed E-state index contributed by atoms with van der Waals surface area (Å²) in [6.45, 7) is 4.43. The van der Waals surface area contributed by atoms with Crippen molar-refractivity contribution in [3.8, 4) is 12.3 Å². The molecule has 7 heteroatoms. The fraction of sp³-hybridized carbons (Fsp3) is 0.533. The van der Waals surface area contributed by atoms with Crippen molar-refractivity contribution in [1.29, 1.82) is 0 Å². The molecule has 0 saturated carbocycles. The Kier molecular flexibility index (Phi) is 5.04. The molecule has 0 radical (unpaired) electrons. The highest BCUT2D eigenvalue weighted by Gasteiger charge is 2.38. The van der Waals surface area contributed by atoms with Crippen molar-refractivity contribution >= 4 is 11.7 Å². The van der Waals surface area contributed by atoms with Crippen LogP contribution in [0.1, 0.15) is 43.5 Å². The molecule has 1 aromatic rings. The Morgan fingerprint density at radius 1 is 1.41 bits per heavy atom. The van der Waals surface area contributed by atoms with E-state index in [-0.39, 0.29) is 17.6 Å². The van der Waals surface area contributed by atoms with Gasteiger partial charge in [-0.25, -0.2) is 0 Å². The second-order valence-corrected chi connectivity index (χ2v) is 5.49. The number of carbonyl (C=O) groups is 1. The average Bonchev–Trinajstić information content (AvgIpc) is 3.25. The van der Waals surface area contributed by atoms with Gasteiger partial charge in [0.15, 0.2) is 11.5 Å². The Balaban J connectivity index is 1.87. The van der Waals surface area contributed by atoms with Crippen molar-refractivity contribution in [2.75, 3.05) is 11.9 Å². The summed E-state index contributed by atoms with van der Waals surface area (Å²) < 4.78 is 0. The van der Waals surface area contributed by atoms with Gasteiger partial charge in [-0.05, 0) is 19.9 Å². The van der Waals surface area contributed by atoms with Crippen LogP contribution in [0, 0.1) is 12.3 Å². The highest BCUT2D eigenvalue weighted by molar-refractivity contribution is 5.98. The van der Waals surface area contributed by atoms with E-state index in [0.29, 0.717) is 30.8 Å². The normalized spacial score (nSPS) is 14.5. The van der Waals surface area contributed by atoms with Gasteiger partial charge < -0.3 is 10.6 Å². The molecule has 116 valence electrons. The van der Waals surface area contributed by atoms with E-state index in [1.165, 1.54) is 6.20 Å². The molecule has 0 spiro atoms. The average molecular weight is 300 g/mol. The van der Waals surface area contributed by atoms with Crippen molar-refractivity contribution in [2.24, 2.45) is 10.2 Å². The Morgan fingerprint density at radius 3 is 2.82 bits per heavy atom. The van der Waals surface area contributed by atoms with Crippen LogP contribution in [-0.2, 0) is 0 Å². The SMILES string of the molecule is C#CCCC1(CCNC(=O)c2ccnnc2NC(C)C)N=N1. The fourth-order valence-electron chi connectivity index (χ4n) is 2.03. The zero-order valence-corrected chi connectivity index (χ0v) is 12.8. The first-order chi connectivity index (χ1) is 10.6. The van der Waals surface area contributed by atoms with E-state index in [1.807, 2.05) is 13.8 Å². The van der Waals surface area contributed by atoms with Crippen LogP contribution in [0.5, 0.6) is 0 Å². The fourth-order valence-corrected chi connectivity index (χ4v) is 2.03. The number of nitrogens with zero attached hydrogens (tertiary/aromatic N) is 4. The molecule has 0 aliphatic carbocycles. The van der Waals surface area contributed by atoms with Crippen LogP contribution < -0.4 is 10.6 Å². The Hall–Kier alpha value is -2.49.